The fourth-order valence-corrected chi connectivity index (χ4v) is 5.33. The summed E-state index contributed by atoms with van der Waals surface area (Å²) in [4.78, 5) is 5.01. The van der Waals surface area contributed by atoms with Crippen molar-refractivity contribution >= 4 is 5.82 Å². The molecule has 3 aromatic rings. The van der Waals surface area contributed by atoms with Crippen molar-refractivity contribution in [2.75, 3.05) is 11.9 Å². The Balaban J connectivity index is 1.42. The van der Waals surface area contributed by atoms with Gasteiger partial charge in [0.05, 0.1) is 18.0 Å². The van der Waals surface area contributed by atoms with Crippen molar-refractivity contribution in [1.29, 1.82) is 0 Å². The van der Waals surface area contributed by atoms with Gasteiger partial charge in [-0.15, -0.1) is 0 Å². The fourth-order valence-electron chi connectivity index (χ4n) is 5.33. The average molecular weight is 418 g/mol. The minimum absolute atomic E-state index is 0.101. The third-order valence-corrected chi connectivity index (χ3v) is 6.14. The molecule has 1 fully saturated rings. The van der Waals surface area contributed by atoms with Gasteiger partial charge >= 0.3 is 0 Å². The molecule has 0 radical (unpaired) electrons. The Bertz CT molecular complexity index is 1070. The summed E-state index contributed by atoms with van der Waals surface area (Å²) < 4.78 is 7.95. The molecule has 162 valence electrons. The van der Waals surface area contributed by atoms with E-state index in [0.29, 0.717) is 12.6 Å². The number of ether oxygens (including phenoxy) is 1. The predicted octanol–water partition coefficient (Wildman–Crippen LogP) is 4.59. The summed E-state index contributed by atoms with van der Waals surface area (Å²) in [6, 6.07) is 12.9. The zero-order valence-electron chi connectivity index (χ0n) is 18.8. The Kier molecular flexibility index (Phi) is 4.77. The highest BCUT2D eigenvalue weighted by atomic mass is 16.5. The minimum Gasteiger partial charge on any atom is -0.492 e. The van der Waals surface area contributed by atoms with E-state index >= 15 is 0 Å². The van der Waals surface area contributed by atoms with Crippen molar-refractivity contribution in [2.24, 2.45) is 0 Å². The zero-order valence-corrected chi connectivity index (χ0v) is 18.8. The molecule has 31 heavy (non-hydrogen) atoms. The van der Waals surface area contributed by atoms with Gasteiger partial charge in [0.1, 0.15) is 11.6 Å². The second-order valence-electron chi connectivity index (χ2n) is 10.1. The summed E-state index contributed by atoms with van der Waals surface area (Å²) in [6.45, 7) is 9.72. The van der Waals surface area contributed by atoms with Gasteiger partial charge in [0, 0.05) is 53.1 Å². The number of fused-ring (bicyclic) bond motifs is 3. The van der Waals surface area contributed by atoms with E-state index in [1.807, 2.05) is 16.9 Å². The first-order valence-corrected chi connectivity index (χ1v) is 11.1. The quantitative estimate of drug-likeness (QED) is 0.653. The van der Waals surface area contributed by atoms with Gasteiger partial charge in [-0.2, -0.15) is 5.10 Å². The van der Waals surface area contributed by atoms with Crippen LogP contribution in [0, 0.1) is 0 Å². The molecule has 0 bridgehead atoms. The minimum atomic E-state index is 0.101. The number of hydrogen-bond donors (Lipinski definition) is 2. The monoisotopic (exact) mass is 417 g/mol. The smallest absolute Gasteiger partial charge is 0.129 e. The van der Waals surface area contributed by atoms with E-state index in [4.69, 9.17) is 9.72 Å². The first kappa shape index (κ1) is 20.1. The van der Waals surface area contributed by atoms with Crippen LogP contribution in [0.1, 0.15) is 46.2 Å². The molecule has 1 saturated heterocycles. The molecular weight excluding hydrogens is 386 g/mol. The van der Waals surface area contributed by atoms with Crippen LogP contribution in [-0.4, -0.2) is 38.5 Å². The third-order valence-electron chi connectivity index (χ3n) is 6.14. The Morgan fingerprint density at radius 2 is 1.84 bits per heavy atom. The highest BCUT2D eigenvalue weighted by Crippen LogP contribution is 2.37. The normalized spacial score (nSPS) is 19.6. The maximum absolute atomic E-state index is 6.10. The molecule has 1 aromatic carbocycles. The van der Waals surface area contributed by atoms with Crippen molar-refractivity contribution in [3.8, 4) is 22.6 Å². The number of aromatic nitrogens is 3. The van der Waals surface area contributed by atoms with Crippen LogP contribution in [0.3, 0.4) is 0 Å². The van der Waals surface area contributed by atoms with Gasteiger partial charge in [0.15, 0.2) is 0 Å². The molecule has 6 nitrogen and oxygen atoms in total. The Morgan fingerprint density at radius 3 is 2.58 bits per heavy atom. The van der Waals surface area contributed by atoms with E-state index in [1.54, 1.807) is 6.20 Å². The number of nitrogens with zero attached hydrogens (tertiary/aromatic N) is 3. The number of pyridine rings is 1. The molecule has 6 heteroatoms. The van der Waals surface area contributed by atoms with Gasteiger partial charge in [0.2, 0.25) is 0 Å². The van der Waals surface area contributed by atoms with E-state index < -0.39 is 0 Å². The molecule has 2 N–H and O–H groups in total. The number of rotatable bonds is 3. The van der Waals surface area contributed by atoms with E-state index in [1.165, 1.54) is 0 Å². The van der Waals surface area contributed by atoms with Crippen LogP contribution in [0.2, 0.25) is 0 Å². The van der Waals surface area contributed by atoms with Crippen molar-refractivity contribution in [2.45, 2.75) is 64.1 Å². The number of nitrogens with one attached hydrogen (secondary N) is 2. The topological polar surface area (TPSA) is 64.0 Å². The highest BCUT2D eigenvalue weighted by Gasteiger charge is 2.37. The molecule has 0 saturated carbocycles. The second kappa shape index (κ2) is 7.38. The summed E-state index contributed by atoms with van der Waals surface area (Å²) in [5.74, 6) is 1.84. The maximum atomic E-state index is 6.10. The lowest BCUT2D eigenvalue weighted by Crippen LogP contribution is -2.60. The molecule has 2 aromatic heterocycles. The molecule has 0 spiro atoms. The number of anilines is 1. The SMILES string of the molecule is CC1(C)CC(Nc2ccc3c(n2)CCOc2cc(-n4cccn4)ccc2-3)CC(C)(C)N1. The van der Waals surface area contributed by atoms with E-state index in [0.717, 1.165) is 53.3 Å². The molecule has 0 atom stereocenters. The molecular formula is C25H31N5O. The van der Waals surface area contributed by atoms with Gasteiger partial charge in [-0.3, -0.25) is 0 Å². The molecule has 4 heterocycles. The zero-order chi connectivity index (χ0) is 21.6. The van der Waals surface area contributed by atoms with Crippen LogP contribution in [-0.2, 0) is 6.42 Å². The molecule has 0 amide bonds. The van der Waals surface area contributed by atoms with Crippen LogP contribution < -0.4 is 15.4 Å². The third kappa shape index (κ3) is 4.17. The van der Waals surface area contributed by atoms with Crippen molar-refractivity contribution in [3.63, 3.8) is 0 Å². The first-order valence-electron chi connectivity index (χ1n) is 11.1. The van der Waals surface area contributed by atoms with Crippen LogP contribution in [0.25, 0.3) is 16.8 Å². The molecule has 2 aliphatic heterocycles. The summed E-state index contributed by atoms with van der Waals surface area (Å²) in [6.07, 6.45) is 6.65. The fraction of sp³-hybridized carbons (Fsp3) is 0.440. The Hall–Kier alpha value is -2.86. The van der Waals surface area contributed by atoms with Crippen LogP contribution >= 0.6 is 0 Å². The van der Waals surface area contributed by atoms with Gasteiger partial charge in [-0.25, -0.2) is 9.67 Å². The lowest BCUT2D eigenvalue weighted by Gasteiger charge is -2.46. The van der Waals surface area contributed by atoms with Crippen molar-refractivity contribution < 1.29 is 4.74 Å². The Morgan fingerprint density at radius 1 is 1.06 bits per heavy atom. The Labute approximate surface area is 184 Å². The average Bonchev–Trinajstić information content (AvgIpc) is 3.14. The van der Waals surface area contributed by atoms with Crippen molar-refractivity contribution in [1.82, 2.24) is 20.1 Å². The van der Waals surface area contributed by atoms with Crippen LogP contribution in [0.15, 0.2) is 48.8 Å². The summed E-state index contributed by atoms with van der Waals surface area (Å²) in [5, 5.41) is 11.8. The van der Waals surface area contributed by atoms with Gasteiger partial charge < -0.3 is 15.4 Å². The predicted molar refractivity (Wildman–Crippen MR) is 124 cm³/mol. The highest BCUT2D eigenvalue weighted by molar-refractivity contribution is 5.75. The first-order chi connectivity index (χ1) is 14.8. The maximum Gasteiger partial charge on any atom is 0.129 e. The van der Waals surface area contributed by atoms with Crippen LogP contribution in [0.4, 0.5) is 5.82 Å². The van der Waals surface area contributed by atoms with E-state index in [-0.39, 0.29) is 11.1 Å². The van der Waals surface area contributed by atoms with Gasteiger partial charge in [-0.1, -0.05) is 0 Å². The lowest BCUT2D eigenvalue weighted by atomic mass is 9.79. The summed E-state index contributed by atoms with van der Waals surface area (Å²) in [5.41, 5.74) is 4.52. The molecule has 0 unspecified atom stereocenters. The largest absolute Gasteiger partial charge is 0.492 e. The standard InChI is InChI=1S/C25H31N5O/c1-24(2)15-17(16-25(3,4)29-24)27-23-9-8-19-20-7-6-18(30-12-5-11-26-30)14-22(20)31-13-10-21(19)28-23/h5-9,11-12,14,17,29H,10,13,15-16H2,1-4H3,(H,27,28). The lowest BCUT2D eigenvalue weighted by molar-refractivity contribution is 0.170. The molecule has 5 rings (SSSR count). The van der Waals surface area contributed by atoms with E-state index in [9.17, 15) is 0 Å². The van der Waals surface area contributed by atoms with Crippen LogP contribution in [0.5, 0.6) is 5.75 Å². The molecule has 0 aliphatic carbocycles. The number of piperidine rings is 1. The van der Waals surface area contributed by atoms with E-state index in [2.05, 4.69) is 73.8 Å². The summed E-state index contributed by atoms with van der Waals surface area (Å²) in [7, 11) is 0. The summed E-state index contributed by atoms with van der Waals surface area (Å²) >= 11 is 0. The number of hydrogen-bond acceptors (Lipinski definition) is 5. The van der Waals surface area contributed by atoms with Gasteiger partial charge in [-0.05, 0) is 70.9 Å². The van der Waals surface area contributed by atoms with Gasteiger partial charge in [0.25, 0.3) is 0 Å². The number of benzene rings is 1. The molecule has 2 aliphatic rings. The second-order valence-corrected chi connectivity index (χ2v) is 10.1. The van der Waals surface area contributed by atoms with Crippen molar-refractivity contribution in [3.05, 3.63) is 54.5 Å².